The number of rotatable bonds is 6. The zero-order valence-corrected chi connectivity index (χ0v) is 20.3. The lowest BCUT2D eigenvalue weighted by Crippen LogP contribution is -2.43. The predicted molar refractivity (Wildman–Crippen MR) is 126 cm³/mol. The minimum atomic E-state index is -4.92. The number of ether oxygens (including phenoxy) is 1. The fourth-order valence-corrected chi connectivity index (χ4v) is 4.79. The van der Waals surface area contributed by atoms with Crippen LogP contribution in [0.25, 0.3) is 11.1 Å². The average Bonchev–Trinajstić information content (AvgIpc) is 2.89. The van der Waals surface area contributed by atoms with E-state index in [4.69, 9.17) is 10.00 Å². The molecular weight excluding hydrogens is 513 g/mol. The van der Waals surface area contributed by atoms with Gasteiger partial charge in [0.15, 0.2) is 23.3 Å². The fourth-order valence-electron chi connectivity index (χ4n) is 4.79. The molecule has 1 saturated heterocycles. The summed E-state index contributed by atoms with van der Waals surface area (Å²) in [6.45, 7) is 1.42. The van der Waals surface area contributed by atoms with Gasteiger partial charge in [-0.15, -0.1) is 0 Å². The second-order valence-corrected chi connectivity index (χ2v) is 9.48. The monoisotopic (exact) mass is 536 g/mol. The van der Waals surface area contributed by atoms with E-state index in [1.54, 1.807) is 0 Å². The maximum atomic E-state index is 14.7. The highest BCUT2D eigenvalue weighted by Gasteiger charge is 2.36. The summed E-state index contributed by atoms with van der Waals surface area (Å²) in [6.07, 6.45) is -3.41. The molecule has 0 bridgehead atoms. The molecule has 3 aromatic rings. The standard InChI is InChI=1S/C28H23F7N2O/c1-37-9-7-27(8-10-37,19-5-3-2-4-6-19)16-38-15-17-11-18(13-20(12-17)28(33,34)35)22-25(31)23(29)21(14-36)24(30)26(22)32/h2-6,11-13H,7-10,15-16H2,1H3. The van der Waals surface area contributed by atoms with Gasteiger partial charge in [0.25, 0.3) is 0 Å². The summed E-state index contributed by atoms with van der Waals surface area (Å²) < 4.78 is 105. The third kappa shape index (κ3) is 5.40. The number of alkyl halides is 3. The predicted octanol–water partition coefficient (Wildman–Crippen LogP) is 6.98. The first kappa shape index (κ1) is 27.6. The highest BCUT2D eigenvalue weighted by Crippen LogP contribution is 2.39. The molecule has 1 fully saturated rings. The van der Waals surface area contributed by atoms with E-state index in [-0.39, 0.29) is 24.2 Å². The van der Waals surface area contributed by atoms with Crippen molar-refractivity contribution in [3.05, 3.63) is 94.1 Å². The number of nitrogens with zero attached hydrogens (tertiary/aromatic N) is 2. The van der Waals surface area contributed by atoms with E-state index < -0.39 is 51.7 Å². The maximum absolute atomic E-state index is 14.7. The lowest BCUT2D eigenvalue weighted by atomic mass is 9.73. The van der Waals surface area contributed by atoms with E-state index in [1.165, 1.54) is 0 Å². The van der Waals surface area contributed by atoms with Crippen LogP contribution in [0.15, 0.2) is 48.5 Å². The van der Waals surface area contributed by atoms with Gasteiger partial charge in [-0.25, -0.2) is 17.6 Å². The smallest absolute Gasteiger partial charge is 0.376 e. The van der Waals surface area contributed by atoms with Crippen LogP contribution in [0.3, 0.4) is 0 Å². The lowest BCUT2D eigenvalue weighted by molar-refractivity contribution is -0.137. The molecule has 4 rings (SSSR count). The second-order valence-electron chi connectivity index (χ2n) is 9.48. The number of hydrogen-bond acceptors (Lipinski definition) is 3. The van der Waals surface area contributed by atoms with E-state index in [9.17, 15) is 30.7 Å². The van der Waals surface area contributed by atoms with Crippen LogP contribution in [-0.4, -0.2) is 31.6 Å². The first-order valence-electron chi connectivity index (χ1n) is 11.8. The molecule has 0 aromatic heterocycles. The van der Waals surface area contributed by atoms with Gasteiger partial charge in [0, 0.05) is 5.41 Å². The fraction of sp³-hybridized carbons (Fsp3) is 0.321. The van der Waals surface area contributed by atoms with Crippen molar-refractivity contribution in [2.45, 2.75) is 31.0 Å². The molecule has 0 aliphatic carbocycles. The normalized spacial score (nSPS) is 15.9. The molecule has 3 nitrogen and oxygen atoms in total. The van der Waals surface area contributed by atoms with Crippen LogP contribution in [0.2, 0.25) is 0 Å². The molecule has 0 spiro atoms. The van der Waals surface area contributed by atoms with Crippen LogP contribution < -0.4 is 0 Å². The molecule has 0 radical (unpaired) electrons. The SMILES string of the molecule is CN1CCC(COCc2cc(-c3c(F)c(F)c(C#N)c(F)c3F)cc(C(F)(F)F)c2)(c2ccccc2)CC1. The average molecular weight is 536 g/mol. The summed E-state index contributed by atoms with van der Waals surface area (Å²) in [6, 6.07) is 12.8. The van der Waals surface area contributed by atoms with Crippen LogP contribution in [0.1, 0.15) is 35.1 Å². The van der Waals surface area contributed by atoms with Gasteiger partial charge in [-0.2, -0.15) is 18.4 Å². The van der Waals surface area contributed by atoms with Crippen LogP contribution in [0.5, 0.6) is 0 Å². The Morgan fingerprint density at radius 2 is 1.53 bits per heavy atom. The molecule has 1 heterocycles. The van der Waals surface area contributed by atoms with Gasteiger partial charge >= 0.3 is 6.18 Å². The van der Waals surface area contributed by atoms with Crippen LogP contribution in [0, 0.1) is 34.6 Å². The molecule has 0 unspecified atom stereocenters. The number of nitriles is 1. The van der Waals surface area contributed by atoms with Crippen molar-refractivity contribution >= 4 is 0 Å². The van der Waals surface area contributed by atoms with E-state index in [0.29, 0.717) is 6.07 Å². The van der Waals surface area contributed by atoms with Crippen LogP contribution in [-0.2, 0) is 22.9 Å². The Morgan fingerprint density at radius 3 is 2.08 bits per heavy atom. The quantitative estimate of drug-likeness (QED) is 0.252. The van der Waals surface area contributed by atoms with Crippen molar-refractivity contribution in [2.24, 2.45) is 0 Å². The van der Waals surface area contributed by atoms with Crippen molar-refractivity contribution in [1.82, 2.24) is 4.90 Å². The lowest BCUT2D eigenvalue weighted by Gasteiger charge is -2.41. The molecule has 10 heteroatoms. The number of benzene rings is 3. The molecule has 200 valence electrons. The summed E-state index contributed by atoms with van der Waals surface area (Å²) in [5.74, 6) is -7.88. The first-order valence-corrected chi connectivity index (χ1v) is 11.8. The Bertz CT molecular complexity index is 1330. The molecule has 3 aromatic carbocycles. The maximum Gasteiger partial charge on any atom is 0.416 e. The largest absolute Gasteiger partial charge is 0.416 e. The molecule has 0 saturated carbocycles. The van der Waals surface area contributed by atoms with Gasteiger partial charge in [-0.1, -0.05) is 30.3 Å². The van der Waals surface area contributed by atoms with Crippen molar-refractivity contribution < 1.29 is 35.5 Å². The first-order chi connectivity index (χ1) is 18.0. The van der Waals surface area contributed by atoms with Crippen molar-refractivity contribution in [2.75, 3.05) is 26.7 Å². The molecule has 1 aliphatic heterocycles. The van der Waals surface area contributed by atoms with Gasteiger partial charge in [-0.05, 0) is 67.9 Å². The molecule has 0 amide bonds. The molecular formula is C28H23F7N2O. The molecule has 1 aliphatic rings. The topological polar surface area (TPSA) is 36.3 Å². The van der Waals surface area contributed by atoms with Gasteiger partial charge in [-0.3, -0.25) is 0 Å². The Labute approximate surface area is 215 Å². The minimum absolute atomic E-state index is 0.0880. The van der Waals surface area contributed by atoms with Crippen molar-refractivity contribution in [3.63, 3.8) is 0 Å². The van der Waals surface area contributed by atoms with Gasteiger partial charge in [0.05, 0.1) is 24.3 Å². The number of likely N-dealkylation sites (tertiary alicyclic amines) is 1. The third-order valence-corrected chi connectivity index (χ3v) is 6.96. The van der Waals surface area contributed by atoms with E-state index >= 15 is 0 Å². The Kier molecular flexibility index (Phi) is 7.81. The zero-order chi connectivity index (χ0) is 27.7. The Balaban J connectivity index is 1.69. The van der Waals surface area contributed by atoms with Crippen molar-refractivity contribution in [1.29, 1.82) is 5.26 Å². The Morgan fingerprint density at radius 1 is 0.921 bits per heavy atom. The summed E-state index contributed by atoms with van der Waals surface area (Å²) in [5, 5.41) is 8.80. The van der Waals surface area contributed by atoms with Crippen molar-refractivity contribution in [3.8, 4) is 17.2 Å². The summed E-state index contributed by atoms with van der Waals surface area (Å²) in [4.78, 5) is 2.17. The van der Waals surface area contributed by atoms with Gasteiger partial charge in [0.1, 0.15) is 11.6 Å². The van der Waals surface area contributed by atoms with Crippen LogP contribution >= 0.6 is 0 Å². The van der Waals surface area contributed by atoms with Gasteiger partial charge in [0.2, 0.25) is 0 Å². The zero-order valence-electron chi connectivity index (χ0n) is 20.3. The summed E-state index contributed by atoms with van der Waals surface area (Å²) in [7, 11) is 1.99. The molecule has 0 N–H and O–H groups in total. The van der Waals surface area contributed by atoms with E-state index in [0.717, 1.165) is 49.7 Å². The molecule has 38 heavy (non-hydrogen) atoms. The highest BCUT2D eigenvalue weighted by atomic mass is 19.4. The number of hydrogen-bond donors (Lipinski definition) is 0. The second kappa shape index (κ2) is 10.8. The van der Waals surface area contributed by atoms with Gasteiger partial charge < -0.3 is 9.64 Å². The number of halogens is 7. The summed E-state index contributed by atoms with van der Waals surface area (Å²) in [5.41, 5.74) is -4.26. The molecule has 0 atom stereocenters. The Hall–Kier alpha value is -3.42. The summed E-state index contributed by atoms with van der Waals surface area (Å²) >= 11 is 0. The minimum Gasteiger partial charge on any atom is -0.376 e. The van der Waals surface area contributed by atoms with Crippen LogP contribution in [0.4, 0.5) is 30.7 Å². The highest BCUT2D eigenvalue weighted by molar-refractivity contribution is 5.68. The van der Waals surface area contributed by atoms with E-state index in [1.807, 2.05) is 37.4 Å². The third-order valence-electron chi connectivity index (χ3n) is 6.96. The number of piperidine rings is 1. The van der Waals surface area contributed by atoms with E-state index in [2.05, 4.69) is 4.90 Å².